The van der Waals surface area contributed by atoms with Crippen LogP contribution in [0.5, 0.6) is 11.5 Å². The zero-order valence-electron chi connectivity index (χ0n) is 28.5. The van der Waals surface area contributed by atoms with Gasteiger partial charge in [0.15, 0.2) is 33.0 Å². The molecular formula is C35H34Cl2FN9O5. The largest absolute Gasteiger partial charge is 0.497 e. The van der Waals surface area contributed by atoms with Gasteiger partial charge >= 0.3 is 5.97 Å². The number of fused-ring (bicyclic) bond motifs is 2. The van der Waals surface area contributed by atoms with Crippen molar-refractivity contribution < 1.29 is 28.6 Å². The number of carbonyl (C=O) groups is 2. The van der Waals surface area contributed by atoms with Crippen LogP contribution in [0.3, 0.4) is 0 Å². The van der Waals surface area contributed by atoms with Crippen molar-refractivity contribution in [3.8, 4) is 11.5 Å². The molecule has 0 bridgehead atoms. The summed E-state index contributed by atoms with van der Waals surface area (Å²) < 4.78 is 26.1. The summed E-state index contributed by atoms with van der Waals surface area (Å²) >= 11 is 12.2. The van der Waals surface area contributed by atoms with E-state index in [0.717, 1.165) is 28.3 Å². The van der Waals surface area contributed by atoms with Crippen LogP contribution in [0.4, 0.5) is 15.8 Å². The normalized spacial score (nSPS) is 14.8. The van der Waals surface area contributed by atoms with Gasteiger partial charge in [0.1, 0.15) is 17.7 Å². The quantitative estimate of drug-likeness (QED) is 0.171. The molecule has 4 aromatic heterocycles. The fourth-order valence-electron chi connectivity index (χ4n) is 5.44. The molecule has 2 N–H and O–H groups in total. The average Bonchev–Trinajstić information content (AvgIpc) is 3.46. The van der Waals surface area contributed by atoms with Crippen LogP contribution in [0.25, 0.3) is 11.3 Å². The minimum Gasteiger partial charge on any atom is -0.497 e. The van der Waals surface area contributed by atoms with Crippen LogP contribution in [0, 0.1) is 0 Å². The lowest BCUT2D eigenvalue weighted by Gasteiger charge is -2.20. The van der Waals surface area contributed by atoms with Crippen LogP contribution in [0.2, 0.25) is 10.3 Å². The van der Waals surface area contributed by atoms with Crippen molar-refractivity contribution in [1.82, 2.24) is 34.5 Å². The van der Waals surface area contributed by atoms with Crippen LogP contribution in [-0.2, 0) is 13.1 Å². The van der Waals surface area contributed by atoms with E-state index in [1.165, 1.54) is 21.4 Å². The number of hydrogen-bond donors (Lipinski definition) is 2. The number of carboxylic acids is 1. The third-order valence-electron chi connectivity index (χ3n) is 8.30. The maximum absolute atomic E-state index is 13.1. The van der Waals surface area contributed by atoms with Crippen molar-refractivity contribution in [2.75, 3.05) is 38.1 Å². The number of nitrogens with one attached hydrogen (secondary N) is 1. The number of aromatic nitrogens is 6. The van der Waals surface area contributed by atoms with Gasteiger partial charge in [-0.05, 0) is 35.4 Å². The summed E-state index contributed by atoms with van der Waals surface area (Å²) in [5, 5.41) is 20.5. The highest BCUT2D eigenvalue weighted by Crippen LogP contribution is 2.28. The number of hydrogen-bond acceptors (Lipinski definition) is 10. The molecule has 14 nitrogen and oxygen atoms in total. The topological polar surface area (TPSA) is 152 Å². The lowest BCUT2D eigenvalue weighted by Crippen LogP contribution is -2.28. The number of methoxy groups -OCH3 is 2. The molecule has 0 unspecified atom stereocenters. The Hall–Kier alpha value is -5.67. The number of rotatable bonds is 11. The van der Waals surface area contributed by atoms with Crippen LogP contribution in [0.1, 0.15) is 38.5 Å². The summed E-state index contributed by atoms with van der Waals surface area (Å²) in [5.41, 5.74) is 4.67. The van der Waals surface area contributed by atoms with E-state index >= 15 is 0 Å². The molecule has 1 amide bonds. The van der Waals surface area contributed by atoms with Gasteiger partial charge in [-0.2, -0.15) is 10.2 Å². The number of carboxylic acid groups (broad SMARTS) is 1. The summed E-state index contributed by atoms with van der Waals surface area (Å²) in [4.78, 5) is 36.1. The van der Waals surface area contributed by atoms with Crippen molar-refractivity contribution in [2.45, 2.75) is 31.7 Å². The number of benzene rings is 2. The highest BCUT2D eigenvalue weighted by Gasteiger charge is 2.39. The molecule has 52 heavy (non-hydrogen) atoms. The molecule has 4 heterocycles. The molecule has 1 saturated carbocycles. The van der Waals surface area contributed by atoms with Crippen molar-refractivity contribution in [1.29, 1.82) is 0 Å². The summed E-state index contributed by atoms with van der Waals surface area (Å²) in [6.07, 6.45) is 2.05. The maximum atomic E-state index is 13.1. The van der Waals surface area contributed by atoms with Gasteiger partial charge in [-0.25, -0.2) is 28.2 Å². The Morgan fingerprint density at radius 2 is 1.25 bits per heavy atom. The first-order valence-corrected chi connectivity index (χ1v) is 16.7. The monoisotopic (exact) mass is 749 g/mol. The molecule has 1 aliphatic rings. The predicted molar refractivity (Wildman–Crippen MR) is 194 cm³/mol. The molecule has 7 rings (SSSR count). The molecular weight excluding hydrogens is 716 g/mol. The molecule has 2 aromatic carbocycles. The first kappa shape index (κ1) is 36.1. The Bertz CT molecular complexity index is 2230. The second-order valence-corrected chi connectivity index (χ2v) is 12.8. The molecule has 2 atom stereocenters. The number of nitrogens with zero attached hydrogens (tertiary/aromatic N) is 8. The van der Waals surface area contributed by atoms with Gasteiger partial charge in [-0.1, -0.05) is 47.5 Å². The lowest BCUT2D eigenvalue weighted by molar-refractivity contribution is 0.0687. The van der Waals surface area contributed by atoms with Crippen molar-refractivity contribution in [2.24, 2.45) is 0 Å². The summed E-state index contributed by atoms with van der Waals surface area (Å²) in [7, 11) is 7.03. The minimum atomic E-state index is -1.11. The molecule has 0 aliphatic heterocycles. The fourth-order valence-corrected chi connectivity index (χ4v) is 5.80. The first-order valence-electron chi connectivity index (χ1n) is 15.9. The smallest absolute Gasteiger partial charge is 0.356 e. The minimum absolute atomic E-state index is 0.0356. The van der Waals surface area contributed by atoms with Gasteiger partial charge in [0.25, 0.3) is 5.91 Å². The van der Waals surface area contributed by atoms with Crippen molar-refractivity contribution in [3.63, 3.8) is 0 Å². The van der Waals surface area contributed by atoms with Gasteiger partial charge in [-0.15, -0.1) is 0 Å². The lowest BCUT2D eigenvalue weighted by atomic mass is 10.2. The molecule has 17 heteroatoms. The number of aromatic carboxylic acids is 1. The van der Waals surface area contributed by atoms with E-state index in [-0.39, 0.29) is 21.7 Å². The highest BCUT2D eigenvalue weighted by molar-refractivity contribution is 6.30. The van der Waals surface area contributed by atoms with E-state index in [9.17, 15) is 19.1 Å². The third-order valence-corrected chi connectivity index (χ3v) is 8.67. The zero-order valence-corrected chi connectivity index (χ0v) is 30.0. The molecule has 1 aliphatic carbocycles. The second kappa shape index (κ2) is 15.3. The van der Waals surface area contributed by atoms with E-state index in [1.54, 1.807) is 26.4 Å². The molecule has 6 aromatic rings. The fraction of sp³-hybridized carbons (Fsp3) is 0.257. The van der Waals surface area contributed by atoms with Gasteiger partial charge in [0, 0.05) is 45.7 Å². The van der Waals surface area contributed by atoms with Crippen molar-refractivity contribution >= 4 is 57.7 Å². The van der Waals surface area contributed by atoms with Gasteiger partial charge in [0.05, 0.1) is 44.0 Å². The molecule has 0 radical (unpaired) electrons. The Kier molecular flexibility index (Phi) is 10.6. The standard InChI is InChI=1S/C19H19ClFN5O2.C16H15ClN4O3/c1-25(10-11-3-5-12(28-2)6-4-11)15-8-17(20)24-26-16(9-22-18(15)26)19(27)23-14-7-13(14)21;1-20(9-10-3-5-11(24-2)6-4-10)12-7-14(17)19-21-13(16(22)23)8-18-15(12)21/h3-6,8-9,13-14H,7,10H2,1-2H3,(H,23,27);3-8H,9H2,1-2H3,(H,22,23)/t13-,14-;/m1./s1. The number of carbonyl (C=O) groups excluding carboxylic acids is 1. The van der Waals surface area contributed by atoms with E-state index in [2.05, 4.69) is 25.5 Å². The number of anilines is 2. The Morgan fingerprint density at radius 3 is 1.65 bits per heavy atom. The Balaban J connectivity index is 0.000000181. The van der Waals surface area contributed by atoms with Crippen LogP contribution >= 0.6 is 23.2 Å². The van der Waals surface area contributed by atoms with Gasteiger partial charge < -0.3 is 29.7 Å². The molecule has 270 valence electrons. The number of alkyl halides is 1. The summed E-state index contributed by atoms with van der Waals surface area (Å²) in [6, 6.07) is 18.4. The SMILES string of the molecule is COc1ccc(CN(C)c2cc(Cl)nn3c(C(=O)N[C@@H]4C[C@H]4F)cnc23)cc1.COc1ccc(CN(C)c2cc(Cl)nn3c(C(=O)O)cnc23)cc1. The van der Waals surface area contributed by atoms with E-state index in [4.69, 9.17) is 32.7 Å². The first-order chi connectivity index (χ1) is 24.9. The molecule has 0 spiro atoms. The van der Waals surface area contributed by atoms with E-state index in [1.807, 2.05) is 72.4 Å². The van der Waals surface area contributed by atoms with Crippen LogP contribution in [0.15, 0.2) is 73.1 Å². The highest BCUT2D eigenvalue weighted by atomic mass is 35.5. The molecule has 0 saturated heterocycles. The average molecular weight is 751 g/mol. The van der Waals surface area contributed by atoms with Gasteiger partial charge in [-0.3, -0.25) is 4.79 Å². The number of ether oxygens (including phenoxy) is 2. The second-order valence-electron chi connectivity index (χ2n) is 12.0. The van der Waals surface area contributed by atoms with Crippen LogP contribution < -0.4 is 24.6 Å². The summed E-state index contributed by atoms with van der Waals surface area (Å²) in [6.45, 7) is 1.19. The number of imidazole rings is 2. The maximum Gasteiger partial charge on any atom is 0.356 e. The zero-order chi connectivity index (χ0) is 37.1. The number of amides is 1. The summed E-state index contributed by atoms with van der Waals surface area (Å²) in [5.74, 6) is 0.0446. The number of halogens is 3. The molecule has 1 fully saturated rings. The van der Waals surface area contributed by atoms with E-state index in [0.29, 0.717) is 36.5 Å². The third kappa shape index (κ3) is 7.95. The van der Waals surface area contributed by atoms with Gasteiger partial charge in [0.2, 0.25) is 0 Å². The Labute approximate surface area is 307 Å². The van der Waals surface area contributed by atoms with Crippen LogP contribution in [-0.4, -0.2) is 86.7 Å². The Morgan fingerprint density at radius 1 is 0.827 bits per heavy atom. The predicted octanol–water partition coefficient (Wildman–Crippen LogP) is 5.59. The van der Waals surface area contributed by atoms with Crippen molar-refractivity contribution in [3.05, 3.63) is 106 Å². The van der Waals surface area contributed by atoms with E-state index < -0.39 is 24.1 Å².